The molecule has 1 aliphatic heterocycles. The van der Waals surface area contributed by atoms with Crippen LogP contribution in [-0.4, -0.2) is 19.6 Å². The molecule has 0 aliphatic carbocycles. The van der Waals surface area contributed by atoms with E-state index in [4.69, 9.17) is 0 Å². The van der Waals surface area contributed by atoms with Crippen LogP contribution in [0.15, 0.2) is 42.5 Å². The fourth-order valence-corrected chi connectivity index (χ4v) is 3.13. The van der Waals surface area contributed by atoms with E-state index in [0.29, 0.717) is 0 Å². The minimum Gasteiger partial charge on any atom is -0.383 e. The summed E-state index contributed by atoms with van der Waals surface area (Å²) in [6, 6.07) is 15.2. The van der Waals surface area contributed by atoms with E-state index in [1.165, 1.54) is 28.1 Å². The number of para-hydroxylation sites is 2. The van der Waals surface area contributed by atoms with E-state index >= 15 is 0 Å². The predicted octanol–water partition coefficient (Wildman–Crippen LogP) is 3.78. The molecule has 0 saturated carbocycles. The number of rotatable bonds is 1. The largest absolute Gasteiger partial charge is 0.383 e. The summed E-state index contributed by atoms with van der Waals surface area (Å²) in [5, 5.41) is 3.56. The average molecular weight is 266 g/mol. The highest BCUT2D eigenvalue weighted by Gasteiger charge is 2.15. The first-order valence-electron chi connectivity index (χ1n) is 7.38. The zero-order valence-electron chi connectivity index (χ0n) is 12.3. The number of hydrogen-bond acceptors (Lipinski definition) is 2. The van der Waals surface area contributed by atoms with Gasteiger partial charge < -0.3 is 10.2 Å². The molecule has 2 aromatic carbocycles. The van der Waals surface area contributed by atoms with Gasteiger partial charge in [0.25, 0.3) is 0 Å². The summed E-state index contributed by atoms with van der Waals surface area (Å²) in [5.41, 5.74) is 6.88. The first-order chi connectivity index (χ1) is 9.75. The second-order valence-electron chi connectivity index (χ2n) is 5.56. The maximum Gasteiger partial charge on any atom is 0.0426 e. The fourth-order valence-electron chi connectivity index (χ4n) is 3.13. The van der Waals surface area contributed by atoms with E-state index in [-0.39, 0.29) is 0 Å². The van der Waals surface area contributed by atoms with Crippen molar-refractivity contribution in [1.82, 2.24) is 0 Å². The molecule has 2 aromatic rings. The van der Waals surface area contributed by atoms with Gasteiger partial charge in [0.1, 0.15) is 0 Å². The molecule has 2 heteroatoms. The van der Waals surface area contributed by atoms with Crippen molar-refractivity contribution in [3.8, 4) is 0 Å². The monoisotopic (exact) mass is 266 g/mol. The van der Waals surface area contributed by atoms with Gasteiger partial charge in [-0.05, 0) is 43.0 Å². The number of nitrogens with zero attached hydrogens (tertiary/aromatic N) is 1. The van der Waals surface area contributed by atoms with Crippen LogP contribution in [0.5, 0.6) is 0 Å². The first-order valence-corrected chi connectivity index (χ1v) is 7.38. The molecule has 20 heavy (non-hydrogen) atoms. The van der Waals surface area contributed by atoms with E-state index in [0.717, 1.165) is 26.1 Å². The van der Waals surface area contributed by atoms with Crippen molar-refractivity contribution in [3.05, 3.63) is 59.2 Å². The number of nitrogens with one attached hydrogen (secondary N) is 1. The van der Waals surface area contributed by atoms with E-state index in [1.807, 2.05) is 0 Å². The van der Waals surface area contributed by atoms with Gasteiger partial charge in [-0.3, -0.25) is 0 Å². The van der Waals surface area contributed by atoms with E-state index in [2.05, 4.69) is 66.5 Å². The second kappa shape index (κ2) is 5.58. The SMILES string of the molecule is Cc1cccc(C)c1N1CCNc2ccccc2CC1. The Bertz CT molecular complexity index is 584. The highest BCUT2D eigenvalue weighted by atomic mass is 15.2. The zero-order chi connectivity index (χ0) is 13.9. The average Bonchev–Trinajstić information content (AvgIpc) is 2.42. The van der Waals surface area contributed by atoms with Gasteiger partial charge >= 0.3 is 0 Å². The Hall–Kier alpha value is -1.96. The summed E-state index contributed by atoms with van der Waals surface area (Å²) in [6.45, 7) is 7.56. The molecule has 2 nitrogen and oxygen atoms in total. The van der Waals surface area contributed by atoms with Crippen molar-refractivity contribution in [3.63, 3.8) is 0 Å². The lowest BCUT2D eigenvalue weighted by Crippen LogP contribution is -2.34. The van der Waals surface area contributed by atoms with Crippen LogP contribution in [0, 0.1) is 13.8 Å². The molecule has 1 N–H and O–H groups in total. The summed E-state index contributed by atoms with van der Waals surface area (Å²) < 4.78 is 0. The number of benzene rings is 2. The van der Waals surface area contributed by atoms with Gasteiger partial charge in [0.05, 0.1) is 0 Å². The molecular formula is C18H22N2. The van der Waals surface area contributed by atoms with Crippen molar-refractivity contribution in [1.29, 1.82) is 0 Å². The van der Waals surface area contributed by atoms with Gasteiger partial charge in [0, 0.05) is 31.0 Å². The molecule has 0 amide bonds. The number of fused-ring (bicyclic) bond motifs is 1. The Kier molecular flexibility index (Phi) is 3.64. The third-order valence-corrected chi connectivity index (χ3v) is 4.12. The van der Waals surface area contributed by atoms with Gasteiger partial charge in [-0.25, -0.2) is 0 Å². The van der Waals surface area contributed by atoms with Crippen LogP contribution < -0.4 is 10.2 Å². The van der Waals surface area contributed by atoms with Crippen molar-refractivity contribution in [2.45, 2.75) is 20.3 Å². The van der Waals surface area contributed by atoms with Crippen LogP contribution in [0.25, 0.3) is 0 Å². The van der Waals surface area contributed by atoms with Gasteiger partial charge in [-0.1, -0.05) is 36.4 Å². The lowest BCUT2D eigenvalue weighted by molar-refractivity contribution is 0.769. The Morgan fingerprint density at radius 1 is 0.900 bits per heavy atom. The van der Waals surface area contributed by atoms with E-state index in [9.17, 15) is 0 Å². The number of aryl methyl sites for hydroxylation is 2. The minimum absolute atomic E-state index is 0.991. The molecular weight excluding hydrogens is 244 g/mol. The molecule has 0 bridgehead atoms. The van der Waals surface area contributed by atoms with Gasteiger partial charge in [-0.15, -0.1) is 0 Å². The molecule has 0 saturated heterocycles. The minimum atomic E-state index is 0.991. The smallest absolute Gasteiger partial charge is 0.0426 e. The standard InChI is InChI=1S/C18H22N2/c1-14-6-5-7-15(2)18(14)20-12-10-16-8-3-4-9-17(16)19-11-13-20/h3-9,19H,10-13H2,1-2H3. The molecule has 0 aromatic heterocycles. The third kappa shape index (κ3) is 2.51. The number of hydrogen-bond donors (Lipinski definition) is 1. The zero-order valence-corrected chi connectivity index (χ0v) is 12.3. The lowest BCUT2D eigenvalue weighted by atomic mass is 10.0. The van der Waals surface area contributed by atoms with Crippen LogP contribution in [0.4, 0.5) is 11.4 Å². The summed E-state index contributed by atoms with van der Waals surface area (Å²) in [4.78, 5) is 2.52. The van der Waals surface area contributed by atoms with Crippen LogP contribution >= 0.6 is 0 Å². The maximum absolute atomic E-state index is 3.56. The second-order valence-corrected chi connectivity index (χ2v) is 5.56. The van der Waals surface area contributed by atoms with Crippen LogP contribution in [0.3, 0.4) is 0 Å². The Labute approximate surface area is 121 Å². The highest BCUT2D eigenvalue weighted by Crippen LogP contribution is 2.26. The molecule has 0 unspecified atom stereocenters. The van der Waals surface area contributed by atoms with Crippen LogP contribution in [-0.2, 0) is 6.42 Å². The number of anilines is 2. The molecule has 1 heterocycles. The quantitative estimate of drug-likeness (QED) is 0.845. The van der Waals surface area contributed by atoms with Crippen molar-refractivity contribution < 1.29 is 0 Å². The lowest BCUT2D eigenvalue weighted by Gasteiger charge is -2.31. The molecule has 0 spiro atoms. The summed E-state index contributed by atoms with van der Waals surface area (Å²) in [5.74, 6) is 0. The van der Waals surface area contributed by atoms with Crippen molar-refractivity contribution in [2.75, 3.05) is 29.9 Å². The Balaban J connectivity index is 1.87. The molecule has 104 valence electrons. The molecule has 0 radical (unpaired) electrons. The Morgan fingerprint density at radius 3 is 2.45 bits per heavy atom. The summed E-state index contributed by atoms with van der Waals surface area (Å²) in [7, 11) is 0. The van der Waals surface area contributed by atoms with Gasteiger partial charge in [0.2, 0.25) is 0 Å². The van der Waals surface area contributed by atoms with Crippen molar-refractivity contribution >= 4 is 11.4 Å². The van der Waals surface area contributed by atoms with E-state index < -0.39 is 0 Å². The molecule has 0 atom stereocenters. The fraction of sp³-hybridized carbons (Fsp3) is 0.333. The highest BCUT2D eigenvalue weighted by molar-refractivity contribution is 5.60. The van der Waals surface area contributed by atoms with Crippen molar-refractivity contribution in [2.24, 2.45) is 0 Å². The van der Waals surface area contributed by atoms with Gasteiger partial charge in [-0.2, -0.15) is 0 Å². The topological polar surface area (TPSA) is 15.3 Å². The summed E-state index contributed by atoms with van der Waals surface area (Å²) >= 11 is 0. The first kappa shape index (κ1) is 13.0. The molecule has 1 aliphatic rings. The predicted molar refractivity (Wildman–Crippen MR) is 86.8 cm³/mol. The molecule has 0 fully saturated rings. The third-order valence-electron chi connectivity index (χ3n) is 4.12. The van der Waals surface area contributed by atoms with Gasteiger partial charge in [0.15, 0.2) is 0 Å². The summed E-state index contributed by atoms with van der Waals surface area (Å²) in [6.07, 6.45) is 1.09. The maximum atomic E-state index is 3.56. The van der Waals surface area contributed by atoms with Crippen LogP contribution in [0.1, 0.15) is 16.7 Å². The normalized spacial score (nSPS) is 15.0. The van der Waals surface area contributed by atoms with Crippen LogP contribution in [0.2, 0.25) is 0 Å². The Morgan fingerprint density at radius 2 is 1.65 bits per heavy atom. The van der Waals surface area contributed by atoms with E-state index in [1.54, 1.807) is 0 Å². The molecule has 3 rings (SSSR count).